The fourth-order valence-electron chi connectivity index (χ4n) is 1.24. The molecule has 0 aliphatic carbocycles. The Morgan fingerprint density at radius 2 is 2.31 bits per heavy atom. The van der Waals surface area contributed by atoms with Crippen LogP contribution in [0, 0.1) is 6.92 Å². The molecule has 0 atom stereocenters. The van der Waals surface area contributed by atoms with Gasteiger partial charge in [0.05, 0.1) is 12.4 Å². The van der Waals surface area contributed by atoms with Crippen molar-refractivity contribution in [3.63, 3.8) is 0 Å². The second-order valence-corrected chi connectivity index (χ2v) is 4.50. The zero-order valence-electron chi connectivity index (χ0n) is 9.19. The van der Waals surface area contributed by atoms with Gasteiger partial charge in [-0.05, 0) is 30.7 Å². The standard InChI is InChI=1S/C11H16N2O2S/c1-8-6-9(12)2-3-10(8)13-11(15)7-16-5-4-14/h2-3,6,14H,4-5,7,12H2,1H3,(H,13,15). The monoisotopic (exact) mass is 240 g/mol. The van der Waals surface area contributed by atoms with Gasteiger partial charge in [-0.1, -0.05) is 0 Å². The average molecular weight is 240 g/mol. The van der Waals surface area contributed by atoms with Crippen molar-refractivity contribution in [2.45, 2.75) is 6.92 Å². The van der Waals surface area contributed by atoms with E-state index >= 15 is 0 Å². The minimum Gasteiger partial charge on any atom is -0.399 e. The summed E-state index contributed by atoms with van der Waals surface area (Å²) in [4.78, 5) is 11.5. The van der Waals surface area contributed by atoms with Crippen LogP contribution in [-0.4, -0.2) is 29.1 Å². The van der Waals surface area contributed by atoms with Crippen LogP contribution in [0.15, 0.2) is 18.2 Å². The molecule has 5 heteroatoms. The first kappa shape index (κ1) is 12.9. The number of thioether (sulfide) groups is 1. The van der Waals surface area contributed by atoms with Gasteiger partial charge in [0, 0.05) is 17.1 Å². The Labute approximate surface area is 99.2 Å². The van der Waals surface area contributed by atoms with E-state index in [0.717, 1.165) is 11.3 Å². The van der Waals surface area contributed by atoms with E-state index in [9.17, 15) is 4.79 Å². The molecule has 0 saturated carbocycles. The Morgan fingerprint density at radius 3 is 2.94 bits per heavy atom. The summed E-state index contributed by atoms with van der Waals surface area (Å²) in [6.07, 6.45) is 0. The first-order chi connectivity index (χ1) is 7.63. The van der Waals surface area contributed by atoms with Crippen LogP contribution in [0.4, 0.5) is 11.4 Å². The van der Waals surface area contributed by atoms with Crippen molar-refractivity contribution < 1.29 is 9.90 Å². The van der Waals surface area contributed by atoms with Gasteiger partial charge in [0.25, 0.3) is 0 Å². The lowest BCUT2D eigenvalue weighted by Crippen LogP contribution is -2.15. The third kappa shape index (κ3) is 4.12. The molecule has 4 nitrogen and oxygen atoms in total. The Kier molecular flexibility index (Phi) is 5.14. The van der Waals surface area contributed by atoms with Crippen LogP contribution in [0.25, 0.3) is 0 Å². The third-order valence-corrected chi connectivity index (χ3v) is 2.93. The van der Waals surface area contributed by atoms with Crippen molar-refractivity contribution in [1.29, 1.82) is 0 Å². The number of carbonyl (C=O) groups is 1. The molecule has 1 rings (SSSR count). The molecule has 0 aromatic heterocycles. The summed E-state index contributed by atoms with van der Waals surface area (Å²) in [7, 11) is 0. The van der Waals surface area contributed by atoms with Gasteiger partial charge in [0.1, 0.15) is 0 Å². The molecule has 0 unspecified atom stereocenters. The number of anilines is 2. The number of aliphatic hydroxyl groups is 1. The predicted molar refractivity (Wildman–Crippen MR) is 68.6 cm³/mol. The van der Waals surface area contributed by atoms with Gasteiger partial charge < -0.3 is 16.2 Å². The van der Waals surface area contributed by atoms with Gasteiger partial charge >= 0.3 is 0 Å². The largest absolute Gasteiger partial charge is 0.399 e. The van der Waals surface area contributed by atoms with Gasteiger partial charge in [0.2, 0.25) is 5.91 Å². The van der Waals surface area contributed by atoms with Crippen molar-refractivity contribution in [3.8, 4) is 0 Å². The Balaban J connectivity index is 2.49. The fourth-order valence-corrected chi connectivity index (χ4v) is 1.77. The highest BCUT2D eigenvalue weighted by molar-refractivity contribution is 7.99. The van der Waals surface area contributed by atoms with Crippen LogP contribution >= 0.6 is 11.8 Å². The molecule has 4 N–H and O–H groups in total. The molecular weight excluding hydrogens is 224 g/mol. The number of amides is 1. The second-order valence-electron chi connectivity index (χ2n) is 3.40. The molecule has 88 valence electrons. The summed E-state index contributed by atoms with van der Waals surface area (Å²) in [5.74, 6) is 0.865. The zero-order chi connectivity index (χ0) is 12.0. The molecular formula is C11H16N2O2S. The van der Waals surface area contributed by atoms with Gasteiger partial charge in [-0.2, -0.15) is 0 Å². The Morgan fingerprint density at radius 1 is 1.56 bits per heavy atom. The van der Waals surface area contributed by atoms with E-state index in [0.29, 0.717) is 17.2 Å². The van der Waals surface area contributed by atoms with E-state index in [1.165, 1.54) is 11.8 Å². The Bertz CT molecular complexity index is 369. The van der Waals surface area contributed by atoms with Crippen LogP contribution in [0.1, 0.15) is 5.56 Å². The number of aryl methyl sites for hydroxylation is 1. The maximum absolute atomic E-state index is 11.5. The number of nitrogens with two attached hydrogens (primary N) is 1. The van der Waals surface area contributed by atoms with Crippen molar-refractivity contribution in [3.05, 3.63) is 23.8 Å². The fraction of sp³-hybridized carbons (Fsp3) is 0.364. The molecule has 0 saturated heterocycles. The van der Waals surface area contributed by atoms with Gasteiger partial charge in [0.15, 0.2) is 0 Å². The molecule has 0 heterocycles. The topological polar surface area (TPSA) is 75.3 Å². The number of carbonyl (C=O) groups excluding carboxylic acids is 1. The molecule has 1 amide bonds. The smallest absolute Gasteiger partial charge is 0.234 e. The van der Waals surface area contributed by atoms with Crippen molar-refractivity contribution >= 4 is 29.0 Å². The number of hydrogen-bond acceptors (Lipinski definition) is 4. The number of aliphatic hydroxyl groups excluding tert-OH is 1. The maximum Gasteiger partial charge on any atom is 0.234 e. The summed E-state index contributed by atoms with van der Waals surface area (Å²) in [5, 5.41) is 11.4. The average Bonchev–Trinajstić information content (AvgIpc) is 2.23. The van der Waals surface area contributed by atoms with Gasteiger partial charge in [-0.3, -0.25) is 4.79 Å². The van der Waals surface area contributed by atoms with Crippen molar-refractivity contribution in [2.24, 2.45) is 0 Å². The minimum absolute atomic E-state index is 0.0636. The van der Waals surface area contributed by atoms with Crippen molar-refractivity contribution in [1.82, 2.24) is 0 Å². The van der Waals surface area contributed by atoms with E-state index in [4.69, 9.17) is 10.8 Å². The molecule has 0 spiro atoms. The molecule has 1 aromatic rings. The van der Waals surface area contributed by atoms with Crippen molar-refractivity contribution in [2.75, 3.05) is 29.2 Å². The number of hydrogen-bond donors (Lipinski definition) is 3. The van der Waals surface area contributed by atoms with E-state index in [-0.39, 0.29) is 12.5 Å². The number of nitrogen functional groups attached to an aromatic ring is 1. The van der Waals surface area contributed by atoms with Crippen LogP contribution < -0.4 is 11.1 Å². The maximum atomic E-state index is 11.5. The lowest BCUT2D eigenvalue weighted by Gasteiger charge is -2.08. The zero-order valence-corrected chi connectivity index (χ0v) is 10.0. The molecule has 1 aromatic carbocycles. The van der Waals surface area contributed by atoms with E-state index < -0.39 is 0 Å². The predicted octanol–water partition coefficient (Wildman–Crippen LogP) is 1.24. The highest BCUT2D eigenvalue weighted by Crippen LogP contribution is 2.17. The molecule has 0 radical (unpaired) electrons. The molecule has 0 bridgehead atoms. The SMILES string of the molecule is Cc1cc(N)ccc1NC(=O)CSCCO. The highest BCUT2D eigenvalue weighted by atomic mass is 32.2. The van der Waals surface area contributed by atoms with E-state index in [2.05, 4.69) is 5.32 Å². The summed E-state index contributed by atoms with van der Waals surface area (Å²) >= 11 is 1.40. The molecule has 0 aliphatic heterocycles. The van der Waals surface area contributed by atoms with Crippen LogP contribution in [-0.2, 0) is 4.79 Å². The summed E-state index contributed by atoms with van der Waals surface area (Å²) in [5.41, 5.74) is 8.02. The lowest BCUT2D eigenvalue weighted by atomic mass is 10.2. The quantitative estimate of drug-likeness (QED) is 0.534. The van der Waals surface area contributed by atoms with Crippen LogP contribution in [0.5, 0.6) is 0 Å². The number of rotatable bonds is 5. The van der Waals surface area contributed by atoms with E-state index in [1.54, 1.807) is 12.1 Å². The summed E-state index contributed by atoms with van der Waals surface area (Å²) in [6, 6.07) is 5.36. The van der Waals surface area contributed by atoms with Crippen LogP contribution in [0.2, 0.25) is 0 Å². The molecule has 0 fully saturated rings. The van der Waals surface area contributed by atoms with Crippen LogP contribution in [0.3, 0.4) is 0 Å². The molecule has 0 aliphatic rings. The second kappa shape index (κ2) is 6.40. The van der Waals surface area contributed by atoms with E-state index in [1.807, 2.05) is 13.0 Å². The van der Waals surface area contributed by atoms with Gasteiger partial charge in [-0.15, -0.1) is 11.8 Å². The first-order valence-electron chi connectivity index (χ1n) is 4.98. The number of benzene rings is 1. The highest BCUT2D eigenvalue weighted by Gasteiger charge is 2.04. The summed E-state index contributed by atoms with van der Waals surface area (Å²) < 4.78 is 0. The van der Waals surface area contributed by atoms with Gasteiger partial charge in [-0.25, -0.2) is 0 Å². The first-order valence-corrected chi connectivity index (χ1v) is 6.13. The minimum atomic E-state index is -0.0636. The summed E-state index contributed by atoms with van der Waals surface area (Å²) in [6.45, 7) is 1.99. The number of nitrogens with one attached hydrogen (secondary N) is 1. The normalized spacial score (nSPS) is 10.1. The molecule has 16 heavy (non-hydrogen) atoms. The lowest BCUT2D eigenvalue weighted by molar-refractivity contribution is -0.113. The third-order valence-electron chi connectivity index (χ3n) is 1.99. The Hall–Kier alpha value is -1.20.